The first-order chi connectivity index (χ1) is 13.2. The van der Waals surface area contributed by atoms with Crippen molar-refractivity contribution in [2.75, 3.05) is 0 Å². The van der Waals surface area contributed by atoms with Crippen LogP contribution in [0.1, 0.15) is 31.4 Å². The molecule has 2 aromatic heterocycles. The van der Waals surface area contributed by atoms with Gasteiger partial charge in [-0.1, -0.05) is 42.1 Å². The maximum Gasteiger partial charge on any atom is 0.233 e. The Balaban J connectivity index is 1.46. The van der Waals surface area contributed by atoms with Crippen molar-refractivity contribution in [3.63, 3.8) is 0 Å². The van der Waals surface area contributed by atoms with Gasteiger partial charge in [-0.15, -0.1) is 10.2 Å². The first-order valence-corrected chi connectivity index (χ1v) is 9.94. The standard InChI is InChI=1S/C20H21N5OS/c1-14(19(26)22-12-15-6-3-2-4-7-15)27-20-24-23-18(25(20)17-9-10-17)16-8-5-11-21-13-16/h2-8,11,13-14,17H,9-10,12H2,1H3,(H,22,26). The summed E-state index contributed by atoms with van der Waals surface area (Å²) in [5.74, 6) is 0.821. The van der Waals surface area contributed by atoms with Crippen LogP contribution in [0.25, 0.3) is 11.4 Å². The second-order valence-electron chi connectivity index (χ2n) is 6.61. The number of hydrogen-bond acceptors (Lipinski definition) is 5. The minimum absolute atomic E-state index is 0.00266. The smallest absolute Gasteiger partial charge is 0.233 e. The molecule has 0 bridgehead atoms. The monoisotopic (exact) mass is 379 g/mol. The molecule has 3 aromatic rings. The lowest BCUT2D eigenvalue weighted by Crippen LogP contribution is -2.30. The lowest BCUT2D eigenvalue weighted by atomic mass is 10.2. The van der Waals surface area contributed by atoms with E-state index in [4.69, 9.17) is 0 Å². The maximum absolute atomic E-state index is 12.5. The van der Waals surface area contributed by atoms with Crippen LogP contribution in [-0.2, 0) is 11.3 Å². The molecule has 1 aliphatic carbocycles. The molecule has 7 heteroatoms. The van der Waals surface area contributed by atoms with E-state index in [-0.39, 0.29) is 11.2 Å². The van der Waals surface area contributed by atoms with E-state index >= 15 is 0 Å². The molecule has 0 saturated heterocycles. The van der Waals surface area contributed by atoms with Gasteiger partial charge in [0.2, 0.25) is 5.91 Å². The van der Waals surface area contributed by atoms with Crippen molar-refractivity contribution < 1.29 is 4.79 Å². The summed E-state index contributed by atoms with van der Waals surface area (Å²) in [5, 5.41) is 12.3. The van der Waals surface area contributed by atoms with Gasteiger partial charge >= 0.3 is 0 Å². The highest BCUT2D eigenvalue weighted by molar-refractivity contribution is 8.00. The molecule has 1 aromatic carbocycles. The molecule has 0 aliphatic heterocycles. The predicted octanol–water partition coefficient (Wildman–Crippen LogP) is 3.47. The molecule has 1 saturated carbocycles. The van der Waals surface area contributed by atoms with Gasteiger partial charge in [-0.3, -0.25) is 14.3 Å². The van der Waals surface area contributed by atoms with Crippen LogP contribution in [0.15, 0.2) is 60.0 Å². The van der Waals surface area contributed by atoms with Gasteiger partial charge in [-0.25, -0.2) is 0 Å². The molecule has 2 heterocycles. The fraction of sp³-hybridized carbons (Fsp3) is 0.300. The zero-order valence-electron chi connectivity index (χ0n) is 15.1. The zero-order chi connectivity index (χ0) is 18.6. The molecule has 1 atom stereocenters. The molecule has 1 amide bonds. The molecule has 4 rings (SSSR count). The fourth-order valence-corrected chi connectivity index (χ4v) is 3.80. The second kappa shape index (κ2) is 7.92. The number of amides is 1. The third-order valence-corrected chi connectivity index (χ3v) is 5.51. The number of rotatable bonds is 7. The van der Waals surface area contributed by atoms with Crippen LogP contribution in [0.3, 0.4) is 0 Å². The second-order valence-corrected chi connectivity index (χ2v) is 7.92. The topological polar surface area (TPSA) is 72.7 Å². The van der Waals surface area contributed by atoms with Crippen LogP contribution in [0.2, 0.25) is 0 Å². The molecule has 138 valence electrons. The Morgan fingerprint density at radius 2 is 2.04 bits per heavy atom. The molecule has 27 heavy (non-hydrogen) atoms. The predicted molar refractivity (Wildman–Crippen MR) is 105 cm³/mol. The first-order valence-electron chi connectivity index (χ1n) is 9.06. The number of pyridine rings is 1. The number of nitrogens with one attached hydrogen (secondary N) is 1. The fourth-order valence-electron chi connectivity index (χ4n) is 2.85. The highest BCUT2D eigenvalue weighted by atomic mass is 32.2. The van der Waals surface area contributed by atoms with E-state index in [1.165, 1.54) is 11.8 Å². The van der Waals surface area contributed by atoms with Crippen molar-refractivity contribution in [3.8, 4) is 11.4 Å². The van der Waals surface area contributed by atoms with Crippen LogP contribution in [0, 0.1) is 0 Å². The molecule has 0 radical (unpaired) electrons. The largest absolute Gasteiger partial charge is 0.351 e. The first kappa shape index (κ1) is 17.7. The lowest BCUT2D eigenvalue weighted by Gasteiger charge is -2.13. The number of nitrogens with zero attached hydrogens (tertiary/aromatic N) is 4. The van der Waals surface area contributed by atoms with Crippen molar-refractivity contribution in [1.29, 1.82) is 0 Å². The quantitative estimate of drug-likeness (QED) is 0.637. The van der Waals surface area contributed by atoms with Gasteiger partial charge in [0.25, 0.3) is 0 Å². The van der Waals surface area contributed by atoms with Crippen LogP contribution >= 0.6 is 11.8 Å². The Hall–Kier alpha value is -2.67. The van der Waals surface area contributed by atoms with Crippen molar-refractivity contribution in [3.05, 3.63) is 60.4 Å². The lowest BCUT2D eigenvalue weighted by molar-refractivity contribution is -0.120. The Morgan fingerprint density at radius 3 is 2.74 bits per heavy atom. The Labute approximate surface area is 162 Å². The number of aromatic nitrogens is 4. The van der Waals surface area contributed by atoms with E-state index in [2.05, 4.69) is 25.1 Å². The average molecular weight is 379 g/mol. The van der Waals surface area contributed by atoms with Crippen LogP contribution in [0.5, 0.6) is 0 Å². The SMILES string of the molecule is CC(Sc1nnc(-c2cccnc2)n1C1CC1)C(=O)NCc1ccccc1. The highest BCUT2D eigenvalue weighted by Gasteiger charge is 2.31. The number of carbonyl (C=O) groups is 1. The zero-order valence-corrected chi connectivity index (χ0v) is 15.9. The summed E-state index contributed by atoms with van der Waals surface area (Å²) in [5.41, 5.74) is 2.04. The number of thioether (sulfide) groups is 1. The summed E-state index contributed by atoms with van der Waals surface area (Å²) < 4.78 is 2.16. The normalized spacial score (nSPS) is 14.7. The third-order valence-electron chi connectivity index (χ3n) is 4.46. The van der Waals surface area contributed by atoms with E-state index in [1.54, 1.807) is 12.4 Å². The molecule has 1 fully saturated rings. The van der Waals surface area contributed by atoms with Gasteiger partial charge in [-0.05, 0) is 37.5 Å². The Bertz CT molecular complexity index is 909. The summed E-state index contributed by atoms with van der Waals surface area (Å²) >= 11 is 1.45. The van der Waals surface area contributed by atoms with Gasteiger partial charge in [0.05, 0.1) is 5.25 Å². The molecule has 1 N–H and O–H groups in total. The van der Waals surface area contributed by atoms with E-state index in [9.17, 15) is 4.79 Å². The molecule has 1 aliphatic rings. The number of hydrogen-bond donors (Lipinski definition) is 1. The molecular formula is C20H21N5OS. The maximum atomic E-state index is 12.5. The molecule has 1 unspecified atom stereocenters. The van der Waals surface area contributed by atoms with Gasteiger partial charge in [0.15, 0.2) is 11.0 Å². The minimum Gasteiger partial charge on any atom is -0.351 e. The van der Waals surface area contributed by atoms with E-state index < -0.39 is 0 Å². The van der Waals surface area contributed by atoms with Crippen LogP contribution < -0.4 is 5.32 Å². The average Bonchev–Trinajstić information content (AvgIpc) is 3.47. The van der Waals surface area contributed by atoms with Crippen molar-refractivity contribution >= 4 is 17.7 Å². The van der Waals surface area contributed by atoms with E-state index in [1.807, 2.05) is 49.4 Å². The Kier molecular flexibility index (Phi) is 5.20. The summed E-state index contributed by atoms with van der Waals surface area (Å²) in [6.07, 6.45) is 5.78. The van der Waals surface area contributed by atoms with Gasteiger partial charge in [0, 0.05) is 30.5 Å². The van der Waals surface area contributed by atoms with Gasteiger partial charge in [-0.2, -0.15) is 0 Å². The van der Waals surface area contributed by atoms with Crippen molar-refractivity contribution in [2.45, 2.75) is 42.8 Å². The van der Waals surface area contributed by atoms with Crippen molar-refractivity contribution in [1.82, 2.24) is 25.1 Å². The van der Waals surface area contributed by atoms with E-state index in [0.717, 1.165) is 34.9 Å². The minimum atomic E-state index is -0.253. The summed E-state index contributed by atoms with van der Waals surface area (Å²) in [4.78, 5) is 16.7. The van der Waals surface area contributed by atoms with Crippen LogP contribution in [0.4, 0.5) is 0 Å². The van der Waals surface area contributed by atoms with Gasteiger partial charge < -0.3 is 5.32 Å². The molecular weight excluding hydrogens is 358 g/mol. The summed E-state index contributed by atoms with van der Waals surface area (Å²) in [6.45, 7) is 2.43. The van der Waals surface area contributed by atoms with Crippen LogP contribution in [-0.4, -0.2) is 30.9 Å². The van der Waals surface area contributed by atoms with Gasteiger partial charge in [0.1, 0.15) is 0 Å². The summed E-state index contributed by atoms with van der Waals surface area (Å²) in [6, 6.07) is 14.2. The molecule has 6 nitrogen and oxygen atoms in total. The highest BCUT2D eigenvalue weighted by Crippen LogP contribution is 2.41. The van der Waals surface area contributed by atoms with Crippen molar-refractivity contribution in [2.24, 2.45) is 0 Å². The Morgan fingerprint density at radius 1 is 1.22 bits per heavy atom. The third kappa shape index (κ3) is 4.19. The molecule has 0 spiro atoms. The summed E-state index contributed by atoms with van der Waals surface area (Å²) in [7, 11) is 0. The van der Waals surface area contributed by atoms with E-state index in [0.29, 0.717) is 12.6 Å². The number of benzene rings is 1. The number of carbonyl (C=O) groups excluding carboxylic acids is 1.